The smallest absolute Gasteiger partial charge is 0.135 e. The lowest BCUT2D eigenvalue weighted by Crippen LogP contribution is -2.16. The Labute approximate surface area is 136 Å². The van der Waals surface area contributed by atoms with Gasteiger partial charge in [-0.15, -0.1) is 0 Å². The number of rotatable bonds is 8. The molecule has 0 saturated heterocycles. The third kappa shape index (κ3) is 6.12. The number of phenols is 2. The Balaban J connectivity index is 1.69. The molecule has 2 aromatic rings. The quantitative estimate of drug-likeness (QED) is 0.700. The Kier molecular flexibility index (Phi) is 6.18. The molecule has 122 valence electrons. The second-order valence-corrected chi connectivity index (χ2v) is 5.79. The van der Waals surface area contributed by atoms with Crippen molar-refractivity contribution in [3.63, 3.8) is 0 Å². The second kappa shape index (κ2) is 8.34. The molecule has 4 heteroatoms. The van der Waals surface area contributed by atoms with Gasteiger partial charge >= 0.3 is 0 Å². The summed E-state index contributed by atoms with van der Waals surface area (Å²) in [5.74, 6) is 0.478. The third-order valence-electron chi connectivity index (χ3n) is 3.73. The van der Waals surface area contributed by atoms with E-state index in [0.717, 1.165) is 24.0 Å². The highest BCUT2D eigenvalue weighted by molar-refractivity contribution is 5.78. The predicted molar refractivity (Wildman–Crippen MR) is 88.5 cm³/mol. The van der Waals surface area contributed by atoms with Gasteiger partial charge < -0.3 is 15.3 Å². The van der Waals surface area contributed by atoms with Gasteiger partial charge in [-0.1, -0.05) is 24.3 Å². The van der Waals surface area contributed by atoms with E-state index >= 15 is 0 Å². The molecule has 23 heavy (non-hydrogen) atoms. The van der Waals surface area contributed by atoms with E-state index in [4.69, 9.17) is 0 Å². The van der Waals surface area contributed by atoms with Gasteiger partial charge in [-0.25, -0.2) is 0 Å². The number of aliphatic hydroxyl groups excluding tert-OH is 1. The van der Waals surface area contributed by atoms with Gasteiger partial charge in [0.25, 0.3) is 0 Å². The molecule has 4 nitrogen and oxygen atoms in total. The lowest BCUT2D eigenvalue weighted by molar-refractivity contribution is -0.121. The van der Waals surface area contributed by atoms with Crippen molar-refractivity contribution in [2.24, 2.45) is 0 Å². The van der Waals surface area contributed by atoms with Crippen LogP contribution in [-0.4, -0.2) is 27.2 Å². The summed E-state index contributed by atoms with van der Waals surface area (Å²) in [5, 5.41) is 28.4. The average Bonchev–Trinajstić information content (AvgIpc) is 2.51. The first-order valence-electron chi connectivity index (χ1n) is 7.78. The minimum absolute atomic E-state index is 0.0510. The normalized spacial score (nSPS) is 12.0. The maximum absolute atomic E-state index is 11.9. The maximum Gasteiger partial charge on any atom is 0.135 e. The van der Waals surface area contributed by atoms with Gasteiger partial charge in [0.15, 0.2) is 0 Å². The molecule has 0 aliphatic carbocycles. The van der Waals surface area contributed by atoms with Gasteiger partial charge in [0.1, 0.15) is 17.3 Å². The Morgan fingerprint density at radius 3 is 1.96 bits per heavy atom. The highest BCUT2D eigenvalue weighted by Gasteiger charge is 2.11. The van der Waals surface area contributed by atoms with Crippen molar-refractivity contribution >= 4 is 5.78 Å². The van der Waals surface area contributed by atoms with Gasteiger partial charge in [0.2, 0.25) is 0 Å². The van der Waals surface area contributed by atoms with Crippen LogP contribution >= 0.6 is 0 Å². The van der Waals surface area contributed by atoms with Gasteiger partial charge in [0, 0.05) is 12.8 Å². The van der Waals surface area contributed by atoms with Crippen LogP contribution in [0.25, 0.3) is 0 Å². The molecule has 1 unspecified atom stereocenters. The number of aryl methyl sites for hydroxylation is 1. The molecule has 0 aliphatic heterocycles. The van der Waals surface area contributed by atoms with Crippen LogP contribution in [0.3, 0.4) is 0 Å². The Morgan fingerprint density at radius 2 is 1.39 bits per heavy atom. The highest BCUT2D eigenvalue weighted by atomic mass is 16.3. The molecule has 2 aromatic carbocycles. The van der Waals surface area contributed by atoms with E-state index < -0.39 is 6.10 Å². The SMILES string of the molecule is O=C(CCCc1ccc(O)cc1)CC(O)Cc1ccc(O)cc1. The van der Waals surface area contributed by atoms with Gasteiger partial charge in [-0.3, -0.25) is 4.79 Å². The van der Waals surface area contributed by atoms with E-state index in [9.17, 15) is 20.1 Å². The van der Waals surface area contributed by atoms with E-state index in [2.05, 4.69) is 0 Å². The molecule has 3 N–H and O–H groups in total. The summed E-state index contributed by atoms with van der Waals surface area (Å²) in [6.45, 7) is 0. The minimum Gasteiger partial charge on any atom is -0.508 e. The van der Waals surface area contributed by atoms with Gasteiger partial charge in [0.05, 0.1) is 6.10 Å². The van der Waals surface area contributed by atoms with Crippen molar-refractivity contribution in [2.75, 3.05) is 0 Å². The largest absolute Gasteiger partial charge is 0.508 e. The molecule has 0 heterocycles. The molecular weight excluding hydrogens is 292 g/mol. The number of aromatic hydroxyl groups is 2. The monoisotopic (exact) mass is 314 g/mol. The molecule has 0 aliphatic rings. The maximum atomic E-state index is 11.9. The topological polar surface area (TPSA) is 77.8 Å². The summed E-state index contributed by atoms with van der Waals surface area (Å²) >= 11 is 0. The van der Waals surface area contributed by atoms with Crippen LogP contribution < -0.4 is 0 Å². The molecule has 0 aromatic heterocycles. The standard InChI is InChI=1S/C19H22O4/c20-16-8-4-14(5-9-16)2-1-3-18(22)13-19(23)12-15-6-10-17(21)11-7-15/h4-11,19-21,23H,1-3,12-13H2. The number of carbonyl (C=O) groups is 1. The zero-order valence-corrected chi connectivity index (χ0v) is 13.0. The number of carbonyl (C=O) groups excluding carboxylic acids is 1. The van der Waals surface area contributed by atoms with E-state index in [-0.39, 0.29) is 23.7 Å². The molecule has 0 bridgehead atoms. The average molecular weight is 314 g/mol. The fraction of sp³-hybridized carbons (Fsp3) is 0.316. The van der Waals surface area contributed by atoms with Crippen LogP contribution in [-0.2, 0) is 17.6 Å². The van der Waals surface area contributed by atoms with Crippen LogP contribution in [0.2, 0.25) is 0 Å². The Morgan fingerprint density at radius 1 is 0.870 bits per heavy atom. The zero-order chi connectivity index (χ0) is 16.7. The molecule has 0 amide bonds. The van der Waals surface area contributed by atoms with E-state index in [1.165, 1.54) is 0 Å². The number of phenolic OH excluding ortho intramolecular Hbond substituents is 2. The van der Waals surface area contributed by atoms with E-state index in [1.54, 1.807) is 36.4 Å². The second-order valence-electron chi connectivity index (χ2n) is 5.79. The molecule has 0 saturated carbocycles. The first-order valence-corrected chi connectivity index (χ1v) is 7.78. The Hall–Kier alpha value is -2.33. The van der Waals surface area contributed by atoms with Crippen molar-refractivity contribution in [1.82, 2.24) is 0 Å². The van der Waals surface area contributed by atoms with Crippen molar-refractivity contribution < 1.29 is 20.1 Å². The summed E-state index contributed by atoms with van der Waals surface area (Å²) in [6, 6.07) is 13.6. The number of hydrogen-bond donors (Lipinski definition) is 3. The van der Waals surface area contributed by atoms with Crippen molar-refractivity contribution in [1.29, 1.82) is 0 Å². The lowest BCUT2D eigenvalue weighted by atomic mass is 10.00. The number of aliphatic hydroxyl groups is 1. The summed E-state index contributed by atoms with van der Waals surface area (Å²) in [4.78, 5) is 11.9. The van der Waals surface area contributed by atoms with Crippen molar-refractivity contribution in [3.8, 4) is 11.5 Å². The molecule has 2 rings (SSSR count). The van der Waals surface area contributed by atoms with E-state index in [1.807, 2.05) is 12.1 Å². The van der Waals surface area contributed by atoms with Crippen LogP contribution in [0, 0.1) is 0 Å². The predicted octanol–water partition coefficient (Wildman–Crippen LogP) is 2.98. The summed E-state index contributed by atoms with van der Waals surface area (Å²) in [6.07, 6.45) is 1.81. The van der Waals surface area contributed by atoms with Crippen LogP contribution in [0.15, 0.2) is 48.5 Å². The zero-order valence-electron chi connectivity index (χ0n) is 13.0. The molecule has 0 radical (unpaired) electrons. The first-order chi connectivity index (χ1) is 11.0. The van der Waals surface area contributed by atoms with Crippen LogP contribution in [0.5, 0.6) is 11.5 Å². The Bertz CT molecular complexity index is 617. The first kappa shape index (κ1) is 17.0. The number of hydrogen-bond acceptors (Lipinski definition) is 4. The molecule has 0 fully saturated rings. The minimum atomic E-state index is -0.694. The molecule has 0 spiro atoms. The fourth-order valence-corrected chi connectivity index (χ4v) is 2.49. The number of benzene rings is 2. The molecular formula is C19H22O4. The lowest BCUT2D eigenvalue weighted by Gasteiger charge is -2.10. The van der Waals surface area contributed by atoms with Gasteiger partial charge in [-0.05, 0) is 54.7 Å². The third-order valence-corrected chi connectivity index (χ3v) is 3.73. The molecule has 1 atom stereocenters. The van der Waals surface area contributed by atoms with Crippen LogP contribution in [0.1, 0.15) is 30.4 Å². The van der Waals surface area contributed by atoms with Crippen LogP contribution in [0.4, 0.5) is 0 Å². The number of Topliss-reactive ketones (excluding diaryl/α,β-unsaturated/α-hetero) is 1. The summed E-state index contributed by atoms with van der Waals surface area (Å²) < 4.78 is 0. The highest BCUT2D eigenvalue weighted by Crippen LogP contribution is 2.14. The fourth-order valence-electron chi connectivity index (χ4n) is 2.49. The van der Waals surface area contributed by atoms with Crippen molar-refractivity contribution in [2.45, 2.75) is 38.2 Å². The van der Waals surface area contributed by atoms with Gasteiger partial charge in [-0.2, -0.15) is 0 Å². The summed E-state index contributed by atoms with van der Waals surface area (Å²) in [7, 11) is 0. The van der Waals surface area contributed by atoms with Crippen molar-refractivity contribution in [3.05, 3.63) is 59.7 Å². The van der Waals surface area contributed by atoms with E-state index in [0.29, 0.717) is 12.8 Å². The summed E-state index contributed by atoms with van der Waals surface area (Å²) in [5.41, 5.74) is 1.98. The number of ketones is 1.